The molecule has 1 N–H and O–H groups in total. The van der Waals surface area contributed by atoms with Gasteiger partial charge in [0.2, 0.25) is 0 Å². The Balaban J connectivity index is 1.10. The van der Waals surface area contributed by atoms with Crippen LogP contribution in [0.25, 0.3) is 11.1 Å². The molecule has 2 heteroatoms. The lowest BCUT2D eigenvalue weighted by Crippen LogP contribution is -2.22. The lowest BCUT2D eigenvalue weighted by Gasteiger charge is -2.29. The average molecular weight is 615 g/mol. The highest BCUT2D eigenvalue weighted by Gasteiger charge is 2.40. The van der Waals surface area contributed by atoms with Crippen LogP contribution in [0.5, 0.6) is 0 Å². The first-order chi connectivity index (χ1) is 21.6. The molecule has 1 aliphatic carbocycles. The molecule has 0 aromatic heterocycles. The van der Waals surface area contributed by atoms with Crippen molar-refractivity contribution in [2.75, 3.05) is 0 Å². The third-order valence-electron chi connectivity index (χ3n) is 10.2. The summed E-state index contributed by atoms with van der Waals surface area (Å²) in [4.78, 5) is 0. The Kier molecular flexibility index (Phi) is 14.8. The van der Waals surface area contributed by atoms with Crippen molar-refractivity contribution in [2.24, 2.45) is 0 Å². The monoisotopic (exact) mass is 614 g/mol. The number of fused-ring (bicyclic) bond motifs is 3. The maximum absolute atomic E-state index is 11.2. The Morgan fingerprint density at radius 3 is 1.59 bits per heavy atom. The van der Waals surface area contributed by atoms with Crippen LogP contribution in [0.3, 0.4) is 0 Å². The fourth-order valence-corrected chi connectivity index (χ4v) is 7.52. The summed E-state index contributed by atoms with van der Waals surface area (Å²) in [5, 5.41) is 11.9. The van der Waals surface area contributed by atoms with Gasteiger partial charge in [-0.1, -0.05) is 195 Å². The van der Waals surface area contributed by atoms with Crippen molar-refractivity contribution >= 4 is 11.6 Å². The number of hydrogen-bond donors (Lipinski definition) is 1. The van der Waals surface area contributed by atoms with Crippen molar-refractivity contribution in [3.8, 4) is 11.1 Å². The van der Waals surface area contributed by atoms with Crippen molar-refractivity contribution in [1.82, 2.24) is 0 Å². The second-order valence-corrected chi connectivity index (χ2v) is 14.1. The standard InChI is InChI=1S/C42H59ClO/c1-3-4-5-6-7-8-9-10-11-12-13-14-15-16-17-18-19-20-21-26-41(44)34-27-32-38-37-24-22-23-25-39(37)42(2,40(38)33-34)35-28-30-36(43)31-29-35/h22-25,27-33,41,44H,3-21,26H2,1-2H3. The number of unbranched alkanes of at least 4 members (excludes halogenated alkanes) is 18. The SMILES string of the molecule is CCCCCCCCCCCCCCCCCCCCCC(O)c1ccc2c(c1)C(C)(c1ccc(Cl)cc1)c1ccccc1-2. The fraction of sp³-hybridized carbons (Fsp3) is 0.571. The Labute approximate surface area is 274 Å². The first-order valence-corrected chi connectivity index (χ1v) is 18.6. The molecule has 0 saturated carbocycles. The molecule has 44 heavy (non-hydrogen) atoms. The van der Waals surface area contributed by atoms with E-state index in [0.29, 0.717) is 0 Å². The zero-order chi connectivity index (χ0) is 31.0. The summed E-state index contributed by atoms with van der Waals surface area (Å²) in [6.07, 6.45) is 26.8. The van der Waals surface area contributed by atoms with Crippen LogP contribution in [0, 0.1) is 0 Å². The largest absolute Gasteiger partial charge is 0.388 e. The van der Waals surface area contributed by atoms with E-state index in [4.69, 9.17) is 11.6 Å². The molecule has 0 saturated heterocycles. The Hall–Kier alpha value is -2.09. The van der Waals surface area contributed by atoms with E-state index in [2.05, 4.69) is 68.4 Å². The number of hydrogen-bond acceptors (Lipinski definition) is 1. The predicted octanol–water partition coefficient (Wildman–Crippen LogP) is 13.5. The highest BCUT2D eigenvalue weighted by Crippen LogP contribution is 2.52. The van der Waals surface area contributed by atoms with Gasteiger partial charge in [-0.2, -0.15) is 0 Å². The van der Waals surface area contributed by atoms with Gasteiger partial charge in [0.05, 0.1) is 6.10 Å². The van der Waals surface area contributed by atoms with E-state index in [-0.39, 0.29) is 5.41 Å². The van der Waals surface area contributed by atoms with Crippen molar-refractivity contribution in [1.29, 1.82) is 0 Å². The van der Waals surface area contributed by atoms with E-state index in [1.807, 2.05) is 12.1 Å². The number of aliphatic hydroxyl groups excluding tert-OH is 1. The first kappa shape index (κ1) is 34.8. The minimum atomic E-state index is -0.413. The van der Waals surface area contributed by atoms with Crippen LogP contribution in [-0.2, 0) is 5.41 Å². The average Bonchev–Trinajstić information content (AvgIpc) is 3.30. The Bertz CT molecular complexity index is 1230. The lowest BCUT2D eigenvalue weighted by molar-refractivity contribution is 0.163. The normalized spacial score (nSPS) is 16.2. The van der Waals surface area contributed by atoms with Crippen LogP contribution < -0.4 is 0 Å². The molecule has 1 nitrogen and oxygen atoms in total. The van der Waals surface area contributed by atoms with Gasteiger partial charge in [0.15, 0.2) is 0 Å². The summed E-state index contributed by atoms with van der Waals surface area (Å²) < 4.78 is 0. The third-order valence-corrected chi connectivity index (χ3v) is 10.5. The Morgan fingerprint density at radius 2 is 1.05 bits per heavy atom. The molecule has 3 aromatic carbocycles. The molecular weight excluding hydrogens is 556 g/mol. The van der Waals surface area contributed by atoms with Crippen LogP contribution in [0.4, 0.5) is 0 Å². The minimum Gasteiger partial charge on any atom is -0.388 e. The van der Waals surface area contributed by atoms with Gasteiger partial charge in [-0.05, 0) is 58.9 Å². The summed E-state index contributed by atoms with van der Waals surface area (Å²) in [6, 6.07) is 23.6. The zero-order valence-corrected chi connectivity index (χ0v) is 28.7. The first-order valence-electron chi connectivity index (χ1n) is 18.2. The number of halogens is 1. The molecule has 2 atom stereocenters. The molecule has 0 aliphatic heterocycles. The summed E-state index contributed by atoms with van der Waals surface area (Å²) in [5.74, 6) is 0. The molecule has 0 amide bonds. The molecule has 0 heterocycles. The van der Waals surface area contributed by atoms with Crippen molar-refractivity contribution in [3.63, 3.8) is 0 Å². The van der Waals surface area contributed by atoms with Gasteiger partial charge in [0, 0.05) is 10.4 Å². The van der Waals surface area contributed by atoms with Crippen molar-refractivity contribution in [3.05, 3.63) is 94.0 Å². The molecular formula is C42H59ClO. The van der Waals surface area contributed by atoms with Crippen LogP contribution in [0.2, 0.25) is 5.02 Å². The van der Waals surface area contributed by atoms with E-state index in [1.165, 1.54) is 143 Å². The predicted molar refractivity (Wildman–Crippen MR) is 192 cm³/mol. The smallest absolute Gasteiger partial charge is 0.0790 e. The quantitative estimate of drug-likeness (QED) is 0.112. The summed E-state index contributed by atoms with van der Waals surface area (Å²) in [6.45, 7) is 4.61. The molecule has 0 radical (unpaired) electrons. The van der Waals surface area contributed by atoms with Gasteiger partial charge < -0.3 is 5.11 Å². The lowest BCUT2D eigenvalue weighted by atomic mass is 9.74. The van der Waals surface area contributed by atoms with Crippen LogP contribution >= 0.6 is 11.6 Å². The molecule has 3 aromatic rings. The van der Waals surface area contributed by atoms with Crippen LogP contribution in [0.1, 0.15) is 171 Å². The molecule has 1 aliphatic rings. The second-order valence-electron chi connectivity index (χ2n) is 13.7. The number of rotatable bonds is 22. The highest BCUT2D eigenvalue weighted by molar-refractivity contribution is 6.30. The van der Waals surface area contributed by atoms with E-state index in [0.717, 1.165) is 23.4 Å². The molecule has 4 rings (SSSR count). The van der Waals surface area contributed by atoms with Crippen LogP contribution in [0.15, 0.2) is 66.7 Å². The molecule has 0 spiro atoms. The summed E-state index contributed by atoms with van der Waals surface area (Å²) in [7, 11) is 0. The molecule has 240 valence electrons. The summed E-state index contributed by atoms with van der Waals surface area (Å²) >= 11 is 6.25. The number of aliphatic hydroxyl groups is 1. The van der Waals surface area contributed by atoms with E-state index in [1.54, 1.807) is 0 Å². The van der Waals surface area contributed by atoms with Gasteiger partial charge in [-0.3, -0.25) is 0 Å². The third kappa shape index (κ3) is 9.70. The summed E-state index contributed by atoms with van der Waals surface area (Å²) in [5.41, 5.74) is 7.18. The van der Waals surface area contributed by atoms with Gasteiger partial charge in [-0.25, -0.2) is 0 Å². The maximum atomic E-state index is 11.2. The van der Waals surface area contributed by atoms with Crippen molar-refractivity contribution in [2.45, 2.75) is 154 Å². The van der Waals surface area contributed by atoms with E-state index in [9.17, 15) is 5.11 Å². The van der Waals surface area contributed by atoms with Crippen LogP contribution in [-0.4, -0.2) is 5.11 Å². The highest BCUT2D eigenvalue weighted by atomic mass is 35.5. The topological polar surface area (TPSA) is 20.2 Å². The Morgan fingerprint density at radius 1 is 0.568 bits per heavy atom. The fourth-order valence-electron chi connectivity index (χ4n) is 7.39. The zero-order valence-electron chi connectivity index (χ0n) is 27.9. The van der Waals surface area contributed by atoms with Gasteiger partial charge in [-0.15, -0.1) is 0 Å². The van der Waals surface area contributed by atoms with Gasteiger partial charge >= 0.3 is 0 Å². The van der Waals surface area contributed by atoms with Gasteiger partial charge in [0.25, 0.3) is 0 Å². The molecule has 0 bridgehead atoms. The number of benzene rings is 3. The molecule has 2 unspecified atom stereocenters. The minimum absolute atomic E-state index is 0.264. The van der Waals surface area contributed by atoms with E-state index >= 15 is 0 Å². The maximum Gasteiger partial charge on any atom is 0.0790 e. The van der Waals surface area contributed by atoms with E-state index < -0.39 is 6.10 Å². The van der Waals surface area contributed by atoms with Gasteiger partial charge in [0.1, 0.15) is 0 Å². The molecule has 0 fully saturated rings. The second kappa shape index (κ2) is 18.8. The van der Waals surface area contributed by atoms with Crippen molar-refractivity contribution < 1.29 is 5.11 Å².